The highest BCUT2D eigenvalue weighted by atomic mass is 16.5. The Hall–Kier alpha value is -3.35. The Bertz CT molecular complexity index is 947. The number of hydrogen-bond acceptors (Lipinski definition) is 7. The predicted molar refractivity (Wildman–Crippen MR) is 108 cm³/mol. The van der Waals surface area contributed by atoms with Gasteiger partial charge < -0.3 is 19.3 Å². The Morgan fingerprint density at radius 3 is 2.20 bits per heavy atom. The van der Waals surface area contributed by atoms with Crippen LogP contribution in [-0.4, -0.2) is 22.8 Å². The molecule has 1 aliphatic rings. The van der Waals surface area contributed by atoms with E-state index in [0.717, 1.165) is 5.56 Å². The van der Waals surface area contributed by atoms with Gasteiger partial charge in [0.05, 0.1) is 6.42 Å². The maximum Gasteiger partial charge on any atom is 0.311 e. The molecule has 0 saturated carbocycles. The molecule has 7 nitrogen and oxygen atoms in total. The molecule has 0 aliphatic carbocycles. The fourth-order valence-corrected chi connectivity index (χ4v) is 3.18. The summed E-state index contributed by atoms with van der Waals surface area (Å²) in [5.74, 6) is -0.586. The Labute approximate surface area is 174 Å². The Kier molecular flexibility index (Phi) is 6.72. The van der Waals surface area contributed by atoms with E-state index in [4.69, 9.17) is 14.2 Å². The van der Waals surface area contributed by atoms with E-state index in [0.29, 0.717) is 25.0 Å². The minimum atomic E-state index is -0.577. The third-order valence-electron chi connectivity index (χ3n) is 4.60. The Balaban J connectivity index is 1.78. The van der Waals surface area contributed by atoms with Crippen LogP contribution in [0.3, 0.4) is 0 Å². The van der Waals surface area contributed by atoms with Crippen LogP contribution in [-0.2, 0) is 9.59 Å². The maximum absolute atomic E-state index is 12.6. The first kappa shape index (κ1) is 21.4. The van der Waals surface area contributed by atoms with Crippen molar-refractivity contribution < 1.29 is 33.7 Å². The van der Waals surface area contributed by atoms with Gasteiger partial charge in [-0.05, 0) is 30.5 Å². The second kappa shape index (κ2) is 9.43. The lowest BCUT2D eigenvalue weighted by molar-refractivity contribution is -0.135. The zero-order chi connectivity index (χ0) is 21.7. The van der Waals surface area contributed by atoms with Gasteiger partial charge in [0.2, 0.25) is 0 Å². The van der Waals surface area contributed by atoms with Gasteiger partial charge in [-0.25, -0.2) is 0 Å². The Morgan fingerprint density at radius 2 is 1.60 bits per heavy atom. The molecule has 0 saturated heterocycles. The normalized spacial score (nSPS) is 15.1. The highest BCUT2D eigenvalue weighted by Crippen LogP contribution is 2.42. The lowest BCUT2D eigenvalue weighted by Crippen LogP contribution is -2.21. The van der Waals surface area contributed by atoms with Crippen molar-refractivity contribution in [3.8, 4) is 23.0 Å². The molecule has 3 rings (SSSR count). The molecule has 2 aromatic carbocycles. The van der Waals surface area contributed by atoms with Crippen LogP contribution in [0.2, 0.25) is 0 Å². The molecule has 1 unspecified atom stereocenters. The average molecular weight is 412 g/mol. The smallest absolute Gasteiger partial charge is 0.311 e. The van der Waals surface area contributed by atoms with Crippen molar-refractivity contribution in [1.82, 2.24) is 0 Å². The third-order valence-corrected chi connectivity index (χ3v) is 4.60. The molecule has 2 aromatic rings. The van der Waals surface area contributed by atoms with Crippen LogP contribution in [0.1, 0.15) is 68.0 Å². The number of rotatable bonds is 7. The van der Waals surface area contributed by atoms with Crippen LogP contribution < -0.4 is 14.2 Å². The van der Waals surface area contributed by atoms with Crippen molar-refractivity contribution in [2.24, 2.45) is 0 Å². The van der Waals surface area contributed by atoms with Gasteiger partial charge >= 0.3 is 11.9 Å². The van der Waals surface area contributed by atoms with E-state index < -0.39 is 12.1 Å². The quantitative estimate of drug-likeness (QED) is 0.528. The number of phenolic OH excluding ortho intramolecular Hbond substituents is 1. The van der Waals surface area contributed by atoms with E-state index in [9.17, 15) is 19.5 Å². The summed E-state index contributed by atoms with van der Waals surface area (Å²) in [5.41, 5.74) is 0.795. The second-order valence-electron chi connectivity index (χ2n) is 7.07. The van der Waals surface area contributed by atoms with Crippen LogP contribution in [0.25, 0.3) is 0 Å². The molecule has 0 bridgehead atoms. The number of Topliss-reactive ketones (excluding diaryl/α,β-unsaturated/α-hetero) is 1. The number of fused-ring (bicyclic) bond motifs is 1. The molecule has 0 fully saturated rings. The summed E-state index contributed by atoms with van der Waals surface area (Å²) in [5, 5.41) is 10.2. The predicted octanol–water partition coefficient (Wildman–Crippen LogP) is 4.51. The van der Waals surface area contributed by atoms with Gasteiger partial charge in [-0.2, -0.15) is 0 Å². The number of hydrogen-bond donors (Lipinski definition) is 1. The molecule has 0 radical (unpaired) electrons. The third kappa shape index (κ3) is 4.97. The fourth-order valence-electron chi connectivity index (χ4n) is 3.18. The molecular weight excluding hydrogens is 388 g/mol. The van der Waals surface area contributed by atoms with E-state index in [2.05, 4.69) is 0 Å². The largest absolute Gasteiger partial charge is 0.507 e. The highest BCUT2D eigenvalue weighted by molar-refractivity contribution is 6.02. The number of ether oxygens (including phenoxy) is 3. The van der Waals surface area contributed by atoms with E-state index >= 15 is 0 Å². The van der Waals surface area contributed by atoms with Crippen LogP contribution in [0.4, 0.5) is 0 Å². The molecule has 30 heavy (non-hydrogen) atoms. The molecule has 0 aromatic heterocycles. The van der Waals surface area contributed by atoms with Crippen molar-refractivity contribution >= 4 is 17.7 Å². The van der Waals surface area contributed by atoms with Gasteiger partial charge in [0.25, 0.3) is 0 Å². The second-order valence-corrected chi connectivity index (χ2v) is 7.07. The van der Waals surface area contributed by atoms with Crippen LogP contribution in [0.5, 0.6) is 23.0 Å². The van der Waals surface area contributed by atoms with Crippen LogP contribution >= 0.6 is 0 Å². The van der Waals surface area contributed by atoms with E-state index in [1.54, 1.807) is 24.3 Å². The summed E-state index contributed by atoms with van der Waals surface area (Å²) in [6.07, 6.45) is 1.40. The summed E-state index contributed by atoms with van der Waals surface area (Å²) in [7, 11) is 0. The average Bonchev–Trinajstić information content (AvgIpc) is 2.68. The van der Waals surface area contributed by atoms with Crippen LogP contribution in [0.15, 0.2) is 36.4 Å². The van der Waals surface area contributed by atoms with Gasteiger partial charge in [0.15, 0.2) is 5.78 Å². The SMILES string of the molecule is CCCC(=O)Oc1ccc(C2CC(=O)c3c(O)cc(OC(=O)CCC)cc3O2)cc1. The van der Waals surface area contributed by atoms with Crippen molar-refractivity contribution in [2.75, 3.05) is 0 Å². The molecule has 1 N–H and O–H groups in total. The van der Waals surface area contributed by atoms with Gasteiger partial charge in [-0.1, -0.05) is 26.0 Å². The van der Waals surface area contributed by atoms with Crippen molar-refractivity contribution in [2.45, 2.75) is 52.1 Å². The summed E-state index contributed by atoms with van der Waals surface area (Å²) in [4.78, 5) is 35.9. The molecule has 158 valence electrons. The minimum Gasteiger partial charge on any atom is -0.507 e. The first-order valence-electron chi connectivity index (χ1n) is 9.99. The summed E-state index contributed by atoms with van der Waals surface area (Å²) in [6.45, 7) is 3.75. The van der Waals surface area contributed by atoms with Crippen LogP contribution in [0, 0.1) is 0 Å². The maximum atomic E-state index is 12.6. The highest BCUT2D eigenvalue weighted by Gasteiger charge is 2.31. The van der Waals surface area contributed by atoms with Gasteiger partial charge in [0, 0.05) is 25.0 Å². The van der Waals surface area contributed by atoms with E-state index in [-0.39, 0.29) is 47.4 Å². The number of phenols is 1. The number of aromatic hydroxyl groups is 1. The summed E-state index contributed by atoms with van der Waals surface area (Å²) >= 11 is 0. The molecule has 0 spiro atoms. The van der Waals surface area contributed by atoms with E-state index in [1.807, 2.05) is 13.8 Å². The first-order valence-corrected chi connectivity index (χ1v) is 9.99. The molecule has 7 heteroatoms. The van der Waals surface area contributed by atoms with Crippen molar-refractivity contribution in [1.29, 1.82) is 0 Å². The summed E-state index contributed by atoms with van der Waals surface area (Å²) in [6, 6.07) is 9.42. The molecule has 1 aliphatic heterocycles. The number of esters is 2. The van der Waals surface area contributed by atoms with E-state index in [1.165, 1.54) is 12.1 Å². The lowest BCUT2D eigenvalue weighted by Gasteiger charge is -2.26. The topological polar surface area (TPSA) is 99.1 Å². The zero-order valence-electron chi connectivity index (χ0n) is 17.0. The lowest BCUT2D eigenvalue weighted by atomic mass is 9.95. The molecule has 1 atom stereocenters. The number of carbonyl (C=O) groups excluding carboxylic acids is 3. The molecule has 1 heterocycles. The molecular formula is C23H24O7. The van der Waals surface area contributed by atoms with Gasteiger partial charge in [0.1, 0.15) is 34.7 Å². The van der Waals surface area contributed by atoms with Gasteiger partial charge in [-0.3, -0.25) is 14.4 Å². The minimum absolute atomic E-state index is 0.0461. The van der Waals surface area contributed by atoms with Crippen molar-refractivity contribution in [3.63, 3.8) is 0 Å². The summed E-state index contributed by atoms with van der Waals surface area (Å²) < 4.78 is 16.4. The Morgan fingerprint density at radius 1 is 1.00 bits per heavy atom. The number of carbonyl (C=O) groups is 3. The number of ketones is 1. The standard InChI is InChI=1S/C23H24O7/c1-3-5-21(26)28-15-9-7-14(8-10-15)19-13-18(25)23-17(24)11-16(12-20(23)30-19)29-22(27)6-4-2/h7-12,19,24H,3-6,13H2,1-2H3. The first-order chi connectivity index (χ1) is 14.4. The monoisotopic (exact) mass is 412 g/mol. The zero-order valence-corrected chi connectivity index (χ0v) is 17.0. The fraction of sp³-hybridized carbons (Fsp3) is 0.348. The van der Waals surface area contributed by atoms with Crippen molar-refractivity contribution in [3.05, 3.63) is 47.5 Å². The molecule has 0 amide bonds. The van der Waals surface area contributed by atoms with Gasteiger partial charge in [-0.15, -0.1) is 0 Å². The number of benzene rings is 2.